The second-order valence-electron chi connectivity index (χ2n) is 6.28. The standard InChI is InChI=1S/C19H17FN4O2/c1-13-5-7-14(8-6-13)12-24-19(26)23-10-9-22(18(25)17(23)21-24)16-4-2-3-15(20)11-16/h2-11,17,21H,12H2,1H3. The van der Waals surface area contributed by atoms with Crippen molar-refractivity contribution in [3.8, 4) is 0 Å². The number of rotatable bonds is 3. The third-order valence-electron chi connectivity index (χ3n) is 4.40. The zero-order chi connectivity index (χ0) is 18.3. The minimum Gasteiger partial charge on any atom is -0.283 e. The molecule has 3 amide bonds. The highest BCUT2D eigenvalue weighted by atomic mass is 19.1. The van der Waals surface area contributed by atoms with Crippen LogP contribution in [-0.2, 0) is 11.3 Å². The second kappa shape index (κ2) is 6.27. The number of hydrogen-bond donors (Lipinski definition) is 1. The molecule has 1 atom stereocenters. The van der Waals surface area contributed by atoms with Crippen molar-refractivity contribution >= 4 is 17.6 Å². The minimum absolute atomic E-state index is 0.306. The average molecular weight is 352 g/mol. The first-order valence-corrected chi connectivity index (χ1v) is 8.21. The van der Waals surface area contributed by atoms with E-state index in [-0.39, 0.29) is 11.9 Å². The number of nitrogens with zero attached hydrogens (tertiary/aromatic N) is 3. The summed E-state index contributed by atoms with van der Waals surface area (Å²) in [6, 6.07) is 13.3. The normalized spacial score (nSPS) is 19.3. The maximum atomic E-state index is 13.5. The highest BCUT2D eigenvalue weighted by Crippen LogP contribution is 2.25. The largest absolute Gasteiger partial charge is 0.340 e. The van der Waals surface area contributed by atoms with Gasteiger partial charge in [-0.1, -0.05) is 35.9 Å². The van der Waals surface area contributed by atoms with E-state index < -0.39 is 12.0 Å². The van der Waals surface area contributed by atoms with Gasteiger partial charge in [-0.25, -0.2) is 9.18 Å². The molecular formula is C19H17FN4O2. The monoisotopic (exact) mass is 352 g/mol. The third-order valence-corrected chi connectivity index (χ3v) is 4.40. The molecular weight excluding hydrogens is 335 g/mol. The molecule has 2 aromatic carbocycles. The number of carbonyl (C=O) groups is 2. The van der Waals surface area contributed by atoms with E-state index in [4.69, 9.17) is 0 Å². The molecule has 1 saturated heterocycles. The van der Waals surface area contributed by atoms with E-state index in [1.54, 1.807) is 6.07 Å². The van der Waals surface area contributed by atoms with Crippen molar-refractivity contribution in [3.63, 3.8) is 0 Å². The number of carbonyl (C=O) groups excluding carboxylic acids is 2. The number of fused-ring (bicyclic) bond motifs is 1. The van der Waals surface area contributed by atoms with Crippen LogP contribution in [0.15, 0.2) is 60.9 Å². The van der Waals surface area contributed by atoms with Gasteiger partial charge < -0.3 is 0 Å². The van der Waals surface area contributed by atoms with Crippen molar-refractivity contribution < 1.29 is 14.0 Å². The Labute approximate surface area is 150 Å². The average Bonchev–Trinajstić information content (AvgIpc) is 2.94. The second-order valence-corrected chi connectivity index (χ2v) is 6.28. The lowest BCUT2D eigenvalue weighted by molar-refractivity contribution is -0.122. The fourth-order valence-corrected chi connectivity index (χ4v) is 3.01. The van der Waals surface area contributed by atoms with Gasteiger partial charge in [0.05, 0.1) is 12.2 Å². The van der Waals surface area contributed by atoms with Crippen LogP contribution in [0.2, 0.25) is 0 Å². The molecule has 0 aliphatic carbocycles. The van der Waals surface area contributed by atoms with Gasteiger partial charge in [0.25, 0.3) is 5.91 Å². The Balaban J connectivity index is 1.54. The lowest BCUT2D eigenvalue weighted by Gasteiger charge is -2.29. The third kappa shape index (κ3) is 2.82. The van der Waals surface area contributed by atoms with Gasteiger partial charge in [-0.3, -0.25) is 19.6 Å². The summed E-state index contributed by atoms with van der Waals surface area (Å²) in [7, 11) is 0. The molecule has 2 heterocycles. The van der Waals surface area contributed by atoms with Crippen LogP contribution in [0.1, 0.15) is 11.1 Å². The number of aryl methyl sites for hydroxylation is 1. The summed E-state index contributed by atoms with van der Waals surface area (Å²) in [6.07, 6.45) is 2.16. The molecule has 1 fully saturated rings. The van der Waals surface area contributed by atoms with Crippen molar-refractivity contribution in [2.24, 2.45) is 0 Å². The summed E-state index contributed by atoms with van der Waals surface area (Å²) in [4.78, 5) is 28.0. The van der Waals surface area contributed by atoms with Crippen molar-refractivity contribution in [1.29, 1.82) is 0 Å². The zero-order valence-electron chi connectivity index (χ0n) is 14.1. The van der Waals surface area contributed by atoms with Crippen molar-refractivity contribution in [2.45, 2.75) is 19.6 Å². The molecule has 1 unspecified atom stereocenters. The fourth-order valence-electron chi connectivity index (χ4n) is 3.01. The fraction of sp³-hybridized carbons (Fsp3) is 0.158. The number of benzene rings is 2. The lowest BCUT2D eigenvalue weighted by atomic mass is 10.1. The predicted molar refractivity (Wildman–Crippen MR) is 93.9 cm³/mol. The molecule has 132 valence electrons. The van der Waals surface area contributed by atoms with E-state index in [0.29, 0.717) is 12.2 Å². The number of amides is 3. The summed E-state index contributed by atoms with van der Waals surface area (Å²) in [6.45, 7) is 2.33. The summed E-state index contributed by atoms with van der Waals surface area (Å²) in [5.41, 5.74) is 5.45. The number of hydrazine groups is 1. The van der Waals surface area contributed by atoms with Gasteiger partial charge in [-0.2, -0.15) is 5.43 Å². The Morgan fingerprint density at radius 1 is 1.08 bits per heavy atom. The maximum Gasteiger partial charge on any atom is 0.340 e. The Hall–Kier alpha value is -3.19. The van der Waals surface area contributed by atoms with Crippen LogP contribution in [0.25, 0.3) is 0 Å². The maximum absolute atomic E-state index is 13.5. The van der Waals surface area contributed by atoms with Crippen LogP contribution in [0.4, 0.5) is 14.9 Å². The van der Waals surface area contributed by atoms with Gasteiger partial charge in [0.1, 0.15) is 5.82 Å². The number of hydrogen-bond acceptors (Lipinski definition) is 3. The van der Waals surface area contributed by atoms with E-state index in [9.17, 15) is 14.0 Å². The highest BCUT2D eigenvalue weighted by Gasteiger charge is 2.44. The van der Waals surface area contributed by atoms with Gasteiger partial charge in [0.15, 0.2) is 6.17 Å². The first kappa shape index (κ1) is 16.3. The van der Waals surface area contributed by atoms with E-state index in [0.717, 1.165) is 11.1 Å². The molecule has 4 rings (SSSR count). The lowest BCUT2D eigenvalue weighted by Crippen LogP contribution is -2.51. The summed E-state index contributed by atoms with van der Waals surface area (Å²) in [5.74, 6) is -0.777. The quantitative estimate of drug-likeness (QED) is 0.924. The molecule has 2 aliphatic heterocycles. The Kier molecular flexibility index (Phi) is 3.93. The van der Waals surface area contributed by atoms with Crippen molar-refractivity contribution in [3.05, 3.63) is 77.9 Å². The van der Waals surface area contributed by atoms with Crippen LogP contribution < -0.4 is 10.3 Å². The molecule has 7 heteroatoms. The van der Waals surface area contributed by atoms with Crippen molar-refractivity contribution in [1.82, 2.24) is 15.3 Å². The van der Waals surface area contributed by atoms with E-state index >= 15 is 0 Å². The van der Waals surface area contributed by atoms with Gasteiger partial charge in [-0.15, -0.1) is 0 Å². The van der Waals surface area contributed by atoms with E-state index in [1.807, 2.05) is 31.2 Å². The Morgan fingerprint density at radius 3 is 2.58 bits per heavy atom. The highest BCUT2D eigenvalue weighted by molar-refractivity contribution is 6.02. The first-order valence-electron chi connectivity index (χ1n) is 8.21. The molecule has 1 N–H and O–H groups in total. The van der Waals surface area contributed by atoms with Gasteiger partial charge in [-0.05, 0) is 30.7 Å². The molecule has 2 aliphatic rings. The summed E-state index contributed by atoms with van der Waals surface area (Å²) in [5, 5.41) is 1.41. The first-order chi connectivity index (χ1) is 12.5. The smallest absolute Gasteiger partial charge is 0.283 e. The Morgan fingerprint density at radius 2 is 1.85 bits per heavy atom. The van der Waals surface area contributed by atoms with Crippen LogP contribution in [0.5, 0.6) is 0 Å². The van der Waals surface area contributed by atoms with Crippen LogP contribution in [0, 0.1) is 12.7 Å². The van der Waals surface area contributed by atoms with Crippen molar-refractivity contribution in [2.75, 3.05) is 4.90 Å². The number of nitrogens with one attached hydrogen (secondary N) is 1. The summed E-state index contributed by atoms with van der Waals surface area (Å²) >= 11 is 0. The van der Waals surface area contributed by atoms with E-state index in [2.05, 4.69) is 5.43 Å². The molecule has 26 heavy (non-hydrogen) atoms. The number of halogens is 1. The molecule has 0 aromatic heterocycles. The molecule has 6 nitrogen and oxygen atoms in total. The number of urea groups is 1. The topological polar surface area (TPSA) is 55.9 Å². The van der Waals surface area contributed by atoms with Gasteiger partial charge >= 0.3 is 6.03 Å². The minimum atomic E-state index is -0.846. The molecule has 0 saturated carbocycles. The zero-order valence-corrected chi connectivity index (χ0v) is 14.1. The van der Waals surface area contributed by atoms with Gasteiger partial charge in [0.2, 0.25) is 0 Å². The molecule has 0 spiro atoms. The van der Waals surface area contributed by atoms with E-state index in [1.165, 1.54) is 45.4 Å². The number of anilines is 1. The van der Waals surface area contributed by atoms with Crippen LogP contribution >= 0.6 is 0 Å². The predicted octanol–water partition coefficient (Wildman–Crippen LogP) is 2.72. The van der Waals surface area contributed by atoms with Crippen LogP contribution in [0.3, 0.4) is 0 Å². The van der Waals surface area contributed by atoms with Gasteiger partial charge in [0, 0.05) is 12.4 Å². The SMILES string of the molecule is Cc1ccc(CN2NC3C(=O)N(c4cccc(F)c4)C=CN3C2=O)cc1. The molecule has 2 aromatic rings. The van der Waals surface area contributed by atoms with Crippen LogP contribution in [-0.4, -0.2) is 28.0 Å². The molecule has 0 radical (unpaired) electrons. The Bertz CT molecular complexity index is 897. The molecule has 0 bridgehead atoms. The summed E-state index contributed by atoms with van der Waals surface area (Å²) < 4.78 is 13.5.